The van der Waals surface area contributed by atoms with Gasteiger partial charge >= 0.3 is 0 Å². The molecular weight excluding hydrogens is 244 g/mol. The fourth-order valence-electron chi connectivity index (χ4n) is 3.36. The van der Waals surface area contributed by atoms with E-state index in [1.54, 1.807) is 0 Å². The molecular formula is C18H38N2. The van der Waals surface area contributed by atoms with Gasteiger partial charge in [0.25, 0.3) is 0 Å². The summed E-state index contributed by atoms with van der Waals surface area (Å²) in [5.41, 5.74) is 0.749. The molecule has 0 radical (unpaired) electrons. The first kappa shape index (κ1) is 18.0. The Morgan fingerprint density at radius 3 is 1.95 bits per heavy atom. The van der Waals surface area contributed by atoms with Gasteiger partial charge in [-0.05, 0) is 70.8 Å². The Morgan fingerprint density at radius 2 is 1.50 bits per heavy atom. The van der Waals surface area contributed by atoms with Gasteiger partial charge in [0.15, 0.2) is 0 Å². The molecule has 0 aromatic heterocycles. The van der Waals surface area contributed by atoms with Crippen LogP contribution in [0, 0.1) is 17.3 Å². The van der Waals surface area contributed by atoms with Crippen molar-refractivity contribution in [2.45, 2.75) is 72.8 Å². The van der Waals surface area contributed by atoms with Crippen LogP contribution in [0.5, 0.6) is 0 Å². The number of hydrogen-bond acceptors (Lipinski definition) is 2. The summed E-state index contributed by atoms with van der Waals surface area (Å²) in [5.74, 6) is 1.86. The van der Waals surface area contributed by atoms with E-state index in [1.165, 1.54) is 32.2 Å². The van der Waals surface area contributed by atoms with Crippen molar-refractivity contribution in [3.8, 4) is 0 Å². The van der Waals surface area contributed by atoms with E-state index in [0.29, 0.717) is 5.41 Å². The van der Waals surface area contributed by atoms with Gasteiger partial charge in [-0.1, -0.05) is 20.8 Å². The lowest BCUT2D eigenvalue weighted by molar-refractivity contribution is 0.131. The molecule has 120 valence electrons. The zero-order valence-corrected chi connectivity index (χ0v) is 15.1. The zero-order chi connectivity index (χ0) is 15.4. The van der Waals surface area contributed by atoms with Crippen LogP contribution >= 0.6 is 0 Å². The SMILES string of the molecule is CN(CCNC(C)(C)C)CC1CCC(C(C)(C)C)CC1. The lowest BCUT2D eigenvalue weighted by Gasteiger charge is -2.38. The molecule has 0 atom stereocenters. The van der Waals surface area contributed by atoms with Crippen molar-refractivity contribution >= 4 is 0 Å². The third-order valence-corrected chi connectivity index (χ3v) is 4.79. The molecule has 1 N–H and O–H groups in total. The summed E-state index contributed by atoms with van der Waals surface area (Å²) in [6.45, 7) is 17.5. The fourth-order valence-corrected chi connectivity index (χ4v) is 3.36. The average Bonchev–Trinajstić information content (AvgIpc) is 2.26. The Morgan fingerprint density at radius 1 is 0.950 bits per heavy atom. The summed E-state index contributed by atoms with van der Waals surface area (Å²) in [6.07, 6.45) is 5.72. The van der Waals surface area contributed by atoms with Crippen molar-refractivity contribution in [2.24, 2.45) is 17.3 Å². The number of likely N-dealkylation sites (N-methyl/N-ethyl adjacent to an activating group) is 1. The molecule has 0 bridgehead atoms. The smallest absolute Gasteiger partial charge is 0.0104 e. The van der Waals surface area contributed by atoms with Crippen molar-refractivity contribution < 1.29 is 0 Å². The second kappa shape index (κ2) is 7.26. The summed E-state index contributed by atoms with van der Waals surface area (Å²) < 4.78 is 0. The summed E-state index contributed by atoms with van der Waals surface area (Å²) in [5, 5.41) is 3.58. The van der Waals surface area contributed by atoms with Gasteiger partial charge in [0, 0.05) is 25.2 Å². The Kier molecular flexibility index (Phi) is 6.53. The zero-order valence-electron chi connectivity index (χ0n) is 15.1. The highest BCUT2D eigenvalue weighted by atomic mass is 15.1. The Bertz CT molecular complexity index is 264. The van der Waals surface area contributed by atoms with Crippen molar-refractivity contribution in [2.75, 3.05) is 26.7 Å². The predicted octanol–water partition coefficient (Wildman–Crippen LogP) is 4.16. The van der Waals surface area contributed by atoms with E-state index in [4.69, 9.17) is 0 Å². The van der Waals surface area contributed by atoms with Crippen molar-refractivity contribution in [3.63, 3.8) is 0 Å². The van der Waals surface area contributed by atoms with Crippen LogP contribution in [0.3, 0.4) is 0 Å². The van der Waals surface area contributed by atoms with Gasteiger partial charge in [0.2, 0.25) is 0 Å². The highest BCUT2D eigenvalue weighted by Gasteiger charge is 2.29. The molecule has 0 spiro atoms. The molecule has 1 rings (SSSR count). The van der Waals surface area contributed by atoms with Crippen LogP contribution in [-0.4, -0.2) is 37.1 Å². The van der Waals surface area contributed by atoms with Gasteiger partial charge in [-0.25, -0.2) is 0 Å². The largest absolute Gasteiger partial charge is 0.311 e. The first-order valence-electron chi connectivity index (χ1n) is 8.51. The lowest BCUT2D eigenvalue weighted by atomic mass is 9.70. The molecule has 20 heavy (non-hydrogen) atoms. The third kappa shape index (κ3) is 7.08. The summed E-state index contributed by atoms with van der Waals surface area (Å²) >= 11 is 0. The van der Waals surface area contributed by atoms with Crippen LogP contribution in [0.25, 0.3) is 0 Å². The first-order valence-corrected chi connectivity index (χ1v) is 8.51. The molecule has 2 nitrogen and oxygen atoms in total. The van der Waals surface area contributed by atoms with Crippen molar-refractivity contribution in [3.05, 3.63) is 0 Å². The van der Waals surface area contributed by atoms with E-state index >= 15 is 0 Å². The Hall–Kier alpha value is -0.0800. The first-order chi connectivity index (χ1) is 9.08. The van der Waals surface area contributed by atoms with Crippen molar-refractivity contribution in [1.29, 1.82) is 0 Å². The number of hydrogen-bond donors (Lipinski definition) is 1. The average molecular weight is 283 g/mol. The quantitative estimate of drug-likeness (QED) is 0.814. The molecule has 0 amide bonds. The van der Waals surface area contributed by atoms with Gasteiger partial charge in [-0.3, -0.25) is 0 Å². The molecule has 0 unspecified atom stereocenters. The second-order valence-electron chi connectivity index (χ2n) is 9.02. The van der Waals surface area contributed by atoms with Crippen LogP contribution in [0.4, 0.5) is 0 Å². The number of nitrogens with zero attached hydrogens (tertiary/aromatic N) is 1. The van der Waals surface area contributed by atoms with E-state index < -0.39 is 0 Å². The molecule has 1 aliphatic rings. The summed E-state index contributed by atoms with van der Waals surface area (Å²) in [7, 11) is 2.28. The minimum absolute atomic E-state index is 0.242. The van der Waals surface area contributed by atoms with Crippen LogP contribution in [0.1, 0.15) is 67.2 Å². The molecule has 1 saturated carbocycles. The second-order valence-corrected chi connectivity index (χ2v) is 9.02. The van der Waals surface area contributed by atoms with E-state index in [-0.39, 0.29) is 5.54 Å². The van der Waals surface area contributed by atoms with Crippen LogP contribution in [0.2, 0.25) is 0 Å². The molecule has 0 heterocycles. The van der Waals surface area contributed by atoms with Gasteiger partial charge in [0.1, 0.15) is 0 Å². The molecule has 0 aliphatic heterocycles. The van der Waals surface area contributed by atoms with E-state index in [9.17, 15) is 0 Å². The number of rotatable bonds is 5. The van der Waals surface area contributed by atoms with Gasteiger partial charge < -0.3 is 10.2 Å². The van der Waals surface area contributed by atoms with Gasteiger partial charge in [0.05, 0.1) is 0 Å². The molecule has 1 aliphatic carbocycles. The molecule has 2 heteroatoms. The monoisotopic (exact) mass is 282 g/mol. The minimum atomic E-state index is 0.242. The number of nitrogens with one attached hydrogen (secondary N) is 1. The van der Waals surface area contributed by atoms with Crippen LogP contribution < -0.4 is 5.32 Å². The maximum atomic E-state index is 3.58. The Labute approximate surface area is 127 Å². The predicted molar refractivity (Wildman–Crippen MR) is 90.2 cm³/mol. The molecule has 0 aromatic rings. The summed E-state index contributed by atoms with van der Waals surface area (Å²) in [4.78, 5) is 2.51. The fraction of sp³-hybridized carbons (Fsp3) is 1.00. The molecule has 1 fully saturated rings. The van der Waals surface area contributed by atoms with Crippen molar-refractivity contribution in [1.82, 2.24) is 10.2 Å². The van der Waals surface area contributed by atoms with E-state index in [2.05, 4.69) is 58.8 Å². The normalized spacial score (nSPS) is 25.2. The van der Waals surface area contributed by atoms with Crippen LogP contribution in [0.15, 0.2) is 0 Å². The molecule has 0 saturated heterocycles. The minimum Gasteiger partial charge on any atom is -0.311 e. The maximum Gasteiger partial charge on any atom is 0.0104 e. The van der Waals surface area contributed by atoms with Gasteiger partial charge in [-0.15, -0.1) is 0 Å². The highest BCUT2D eigenvalue weighted by molar-refractivity contribution is 4.81. The topological polar surface area (TPSA) is 15.3 Å². The summed E-state index contributed by atoms with van der Waals surface area (Å²) in [6, 6.07) is 0. The van der Waals surface area contributed by atoms with E-state index in [0.717, 1.165) is 24.9 Å². The lowest BCUT2D eigenvalue weighted by Crippen LogP contribution is -2.41. The van der Waals surface area contributed by atoms with Crippen LogP contribution in [-0.2, 0) is 0 Å². The Balaban J connectivity index is 2.20. The standard InChI is InChI=1S/C18H38N2/c1-17(2,3)16-10-8-15(9-11-16)14-20(7)13-12-19-18(4,5)6/h15-16,19H,8-14H2,1-7H3. The van der Waals surface area contributed by atoms with E-state index in [1.807, 2.05) is 0 Å². The third-order valence-electron chi connectivity index (χ3n) is 4.79. The van der Waals surface area contributed by atoms with Gasteiger partial charge in [-0.2, -0.15) is 0 Å². The maximum absolute atomic E-state index is 3.58. The highest BCUT2D eigenvalue weighted by Crippen LogP contribution is 2.39. The molecule has 0 aromatic carbocycles.